The fourth-order valence-corrected chi connectivity index (χ4v) is 5.85. The number of fused-ring (bicyclic) bond motifs is 1. The molecule has 4 rings (SSSR count). The number of halogens is 1. The molecule has 12 heteroatoms. The summed E-state index contributed by atoms with van der Waals surface area (Å²) in [4.78, 5) is 30.0. The SMILES string of the molecule is CCOCCn1c(=NC(=O)c2cccc(NS(=O)(=O)c3ccc(F)cc3)c2)sc2cc(C(=O)OCC)ccc21. The van der Waals surface area contributed by atoms with Gasteiger partial charge in [-0.05, 0) is 74.5 Å². The van der Waals surface area contributed by atoms with Crippen LogP contribution in [0.3, 0.4) is 0 Å². The predicted molar refractivity (Wildman–Crippen MR) is 146 cm³/mol. The van der Waals surface area contributed by atoms with Crippen molar-refractivity contribution < 1.29 is 31.9 Å². The van der Waals surface area contributed by atoms with Gasteiger partial charge in [0.2, 0.25) is 0 Å². The van der Waals surface area contributed by atoms with Crippen molar-refractivity contribution in [3.8, 4) is 0 Å². The lowest BCUT2D eigenvalue weighted by Gasteiger charge is -2.09. The molecule has 4 aromatic rings. The number of esters is 1. The zero-order valence-corrected chi connectivity index (χ0v) is 22.9. The molecule has 0 bridgehead atoms. The van der Waals surface area contributed by atoms with Crippen molar-refractivity contribution in [2.45, 2.75) is 25.3 Å². The molecule has 0 spiro atoms. The van der Waals surface area contributed by atoms with Crippen LogP contribution in [0.25, 0.3) is 10.2 Å². The van der Waals surface area contributed by atoms with Gasteiger partial charge in [-0.25, -0.2) is 17.6 Å². The number of nitrogens with one attached hydrogen (secondary N) is 1. The minimum atomic E-state index is -4.00. The summed E-state index contributed by atoms with van der Waals surface area (Å²) in [7, 11) is -4.00. The molecule has 0 atom stereocenters. The van der Waals surface area contributed by atoms with E-state index < -0.39 is 27.7 Å². The first-order valence-electron chi connectivity index (χ1n) is 12.1. The predicted octanol–water partition coefficient (Wildman–Crippen LogP) is 4.60. The molecule has 0 saturated carbocycles. The van der Waals surface area contributed by atoms with Gasteiger partial charge in [-0.3, -0.25) is 9.52 Å². The van der Waals surface area contributed by atoms with Crippen LogP contribution in [0, 0.1) is 5.82 Å². The number of carbonyl (C=O) groups is 2. The largest absolute Gasteiger partial charge is 0.462 e. The highest BCUT2D eigenvalue weighted by Crippen LogP contribution is 2.21. The lowest BCUT2D eigenvalue weighted by atomic mass is 10.2. The summed E-state index contributed by atoms with van der Waals surface area (Å²) in [5, 5.41) is 0. The Bertz CT molecular complexity index is 1680. The Hall–Kier alpha value is -3.87. The molecule has 0 fully saturated rings. The van der Waals surface area contributed by atoms with E-state index in [0.29, 0.717) is 30.1 Å². The number of hydrogen-bond acceptors (Lipinski definition) is 7. The third kappa shape index (κ3) is 6.77. The highest BCUT2D eigenvalue weighted by atomic mass is 32.2. The molecule has 0 radical (unpaired) electrons. The van der Waals surface area contributed by atoms with Gasteiger partial charge in [0, 0.05) is 24.4 Å². The van der Waals surface area contributed by atoms with E-state index in [2.05, 4.69) is 9.71 Å². The van der Waals surface area contributed by atoms with Gasteiger partial charge in [0.05, 0.1) is 33.9 Å². The number of carbonyl (C=O) groups excluding carboxylic acids is 2. The Labute approximate surface area is 228 Å². The van der Waals surface area contributed by atoms with E-state index in [1.807, 2.05) is 11.5 Å². The second kappa shape index (κ2) is 12.3. The molecule has 1 aromatic heterocycles. The van der Waals surface area contributed by atoms with Gasteiger partial charge >= 0.3 is 5.97 Å². The topological polar surface area (TPSA) is 116 Å². The van der Waals surface area contributed by atoms with E-state index in [0.717, 1.165) is 34.5 Å². The van der Waals surface area contributed by atoms with E-state index in [1.165, 1.54) is 35.6 Å². The Kier molecular flexibility index (Phi) is 8.90. The number of hydrogen-bond donors (Lipinski definition) is 1. The average molecular weight is 572 g/mol. The van der Waals surface area contributed by atoms with Crippen molar-refractivity contribution in [1.82, 2.24) is 4.57 Å². The van der Waals surface area contributed by atoms with Crippen LogP contribution in [0.5, 0.6) is 0 Å². The highest BCUT2D eigenvalue weighted by molar-refractivity contribution is 7.92. The normalized spacial score (nSPS) is 12.0. The van der Waals surface area contributed by atoms with Gasteiger partial charge in [-0.1, -0.05) is 17.4 Å². The summed E-state index contributed by atoms with van der Waals surface area (Å²) in [6, 6.07) is 15.5. The molecule has 1 N–H and O–H groups in total. The lowest BCUT2D eigenvalue weighted by molar-refractivity contribution is 0.0526. The number of amides is 1. The Balaban J connectivity index is 1.67. The van der Waals surface area contributed by atoms with Crippen LogP contribution in [-0.4, -0.2) is 44.7 Å². The molecule has 39 heavy (non-hydrogen) atoms. The third-order valence-corrected chi connectivity index (χ3v) is 7.98. The fourth-order valence-electron chi connectivity index (χ4n) is 3.71. The second-order valence-corrected chi connectivity index (χ2v) is 10.9. The molecule has 0 saturated heterocycles. The van der Waals surface area contributed by atoms with Gasteiger partial charge in [-0.15, -0.1) is 0 Å². The van der Waals surface area contributed by atoms with Crippen molar-refractivity contribution in [2.75, 3.05) is 24.5 Å². The van der Waals surface area contributed by atoms with Crippen LogP contribution >= 0.6 is 11.3 Å². The third-order valence-electron chi connectivity index (χ3n) is 5.54. The average Bonchev–Trinajstić information content (AvgIpc) is 3.25. The van der Waals surface area contributed by atoms with E-state index in [1.54, 1.807) is 25.1 Å². The number of benzene rings is 3. The summed E-state index contributed by atoms with van der Waals surface area (Å²) in [6.45, 7) is 5.22. The first-order chi connectivity index (χ1) is 18.7. The van der Waals surface area contributed by atoms with Crippen LogP contribution in [0.4, 0.5) is 10.1 Å². The first-order valence-corrected chi connectivity index (χ1v) is 14.4. The zero-order chi connectivity index (χ0) is 28.0. The van der Waals surface area contributed by atoms with Crippen molar-refractivity contribution in [1.29, 1.82) is 0 Å². The van der Waals surface area contributed by atoms with Gasteiger partial charge < -0.3 is 14.0 Å². The van der Waals surface area contributed by atoms with E-state index in [4.69, 9.17) is 9.47 Å². The zero-order valence-electron chi connectivity index (χ0n) is 21.2. The van der Waals surface area contributed by atoms with Crippen molar-refractivity contribution >= 4 is 49.1 Å². The maximum absolute atomic E-state index is 13.2. The monoisotopic (exact) mass is 571 g/mol. The molecule has 204 valence electrons. The molecule has 0 unspecified atom stereocenters. The number of aromatic nitrogens is 1. The van der Waals surface area contributed by atoms with Crippen LogP contribution in [0.1, 0.15) is 34.6 Å². The Morgan fingerprint density at radius 1 is 1.00 bits per heavy atom. The van der Waals surface area contributed by atoms with Crippen LogP contribution in [0.2, 0.25) is 0 Å². The second-order valence-electron chi connectivity index (χ2n) is 8.19. The number of rotatable bonds is 10. The van der Waals surface area contributed by atoms with E-state index >= 15 is 0 Å². The molecule has 9 nitrogen and oxygen atoms in total. The number of thiazole rings is 1. The summed E-state index contributed by atoms with van der Waals surface area (Å²) >= 11 is 1.24. The number of ether oxygens (including phenoxy) is 2. The maximum atomic E-state index is 13.2. The summed E-state index contributed by atoms with van der Waals surface area (Å²) in [5.41, 5.74) is 1.48. The standard InChI is InChI=1S/C27H26FN3O6S2/c1-3-36-15-14-31-23-13-8-19(26(33)37-4-2)17-24(23)38-27(31)29-25(32)18-6-5-7-21(16-18)30-39(34,35)22-11-9-20(28)10-12-22/h5-13,16-17,30H,3-4,14-15H2,1-2H3. The quantitative estimate of drug-likeness (QED) is 0.220. The molecule has 3 aromatic carbocycles. The number of sulfonamides is 1. The molecular weight excluding hydrogens is 545 g/mol. The van der Waals surface area contributed by atoms with Crippen LogP contribution in [0.15, 0.2) is 76.6 Å². The minimum absolute atomic E-state index is 0.117. The van der Waals surface area contributed by atoms with Crippen LogP contribution < -0.4 is 9.52 Å². The number of anilines is 1. The van der Waals surface area contributed by atoms with Crippen molar-refractivity contribution in [3.63, 3.8) is 0 Å². The van der Waals surface area contributed by atoms with Gasteiger partial charge in [0.1, 0.15) is 5.82 Å². The van der Waals surface area contributed by atoms with Gasteiger partial charge in [0.25, 0.3) is 15.9 Å². The maximum Gasteiger partial charge on any atom is 0.338 e. The smallest absolute Gasteiger partial charge is 0.338 e. The highest BCUT2D eigenvalue weighted by Gasteiger charge is 2.16. The molecule has 1 amide bonds. The molecule has 0 aliphatic rings. The van der Waals surface area contributed by atoms with Crippen LogP contribution in [-0.2, 0) is 26.0 Å². The lowest BCUT2D eigenvalue weighted by Crippen LogP contribution is -2.20. The fraction of sp³-hybridized carbons (Fsp3) is 0.222. The Morgan fingerprint density at radius 2 is 1.77 bits per heavy atom. The Morgan fingerprint density at radius 3 is 2.49 bits per heavy atom. The first kappa shape index (κ1) is 28.1. The summed E-state index contributed by atoms with van der Waals surface area (Å²) < 4.78 is 54.1. The van der Waals surface area contributed by atoms with Crippen molar-refractivity contribution in [3.05, 3.63) is 88.5 Å². The van der Waals surface area contributed by atoms with Gasteiger partial charge in [0.15, 0.2) is 4.80 Å². The molecule has 0 aliphatic heterocycles. The summed E-state index contributed by atoms with van der Waals surface area (Å²) in [5.74, 6) is -1.58. The molecular formula is C27H26FN3O6S2. The number of nitrogens with zero attached hydrogens (tertiary/aromatic N) is 2. The minimum Gasteiger partial charge on any atom is -0.462 e. The van der Waals surface area contributed by atoms with E-state index in [-0.39, 0.29) is 22.8 Å². The molecule has 1 heterocycles. The van der Waals surface area contributed by atoms with Gasteiger partial charge in [-0.2, -0.15) is 4.99 Å². The summed E-state index contributed by atoms with van der Waals surface area (Å²) in [6.07, 6.45) is 0. The van der Waals surface area contributed by atoms with Crippen molar-refractivity contribution in [2.24, 2.45) is 4.99 Å². The van der Waals surface area contributed by atoms with E-state index in [9.17, 15) is 22.4 Å². The molecule has 0 aliphatic carbocycles.